The first kappa shape index (κ1) is 12.8. The summed E-state index contributed by atoms with van der Waals surface area (Å²) in [6.07, 6.45) is 11.4. The summed E-state index contributed by atoms with van der Waals surface area (Å²) in [6, 6.07) is 0. The Bertz CT molecular complexity index is 186. The van der Waals surface area contributed by atoms with E-state index >= 15 is 0 Å². The fourth-order valence-electron chi connectivity index (χ4n) is 2.27. The average molecular weight is 210 g/mol. The van der Waals surface area contributed by atoms with Crippen LogP contribution in [0.1, 0.15) is 52.9 Å². The largest absolute Gasteiger partial charge is 0.378 e. The Kier molecular flexibility index (Phi) is 6.00. The monoisotopic (exact) mass is 210 g/mol. The van der Waals surface area contributed by atoms with Gasteiger partial charge in [0.25, 0.3) is 0 Å². The van der Waals surface area contributed by atoms with Gasteiger partial charge in [-0.2, -0.15) is 0 Å². The van der Waals surface area contributed by atoms with Crippen molar-refractivity contribution >= 4 is 0 Å². The van der Waals surface area contributed by atoms with Crippen LogP contribution in [0, 0.1) is 11.8 Å². The Morgan fingerprint density at radius 1 is 1.40 bits per heavy atom. The second-order valence-corrected chi connectivity index (χ2v) is 5.14. The van der Waals surface area contributed by atoms with E-state index in [0.29, 0.717) is 12.0 Å². The summed E-state index contributed by atoms with van der Waals surface area (Å²) in [7, 11) is 0. The minimum Gasteiger partial charge on any atom is -0.378 e. The van der Waals surface area contributed by atoms with Gasteiger partial charge < -0.3 is 4.74 Å². The second-order valence-electron chi connectivity index (χ2n) is 5.14. The van der Waals surface area contributed by atoms with Gasteiger partial charge in [-0.25, -0.2) is 0 Å². The lowest BCUT2D eigenvalue weighted by Gasteiger charge is -2.27. The zero-order chi connectivity index (χ0) is 11.1. The first-order valence-corrected chi connectivity index (χ1v) is 6.45. The molecule has 0 N–H and O–H groups in total. The molecule has 0 aromatic rings. The topological polar surface area (TPSA) is 9.23 Å². The molecule has 0 heterocycles. The van der Waals surface area contributed by atoms with E-state index in [-0.39, 0.29) is 0 Å². The van der Waals surface area contributed by atoms with Gasteiger partial charge in [-0.3, -0.25) is 0 Å². The summed E-state index contributed by atoms with van der Waals surface area (Å²) in [5, 5.41) is 0. The van der Waals surface area contributed by atoms with Gasteiger partial charge in [0.05, 0.1) is 6.10 Å². The summed E-state index contributed by atoms with van der Waals surface area (Å²) >= 11 is 0. The highest BCUT2D eigenvalue weighted by Gasteiger charge is 2.19. The van der Waals surface area contributed by atoms with E-state index in [0.717, 1.165) is 18.9 Å². The molecule has 1 nitrogen and oxygen atoms in total. The SMILES string of the molecule is C/C=C\CC(C)COC1CCCC(C)C1. The van der Waals surface area contributed by atoms with Crippen LogP contribution < -0.4 is 0 Å². The third-order valence-electron chi connectivity index (χ3n) is 3.28. The van der Waals surface area contributed by atoms with Gasteiger partial charge in [-0.15, -0.1) is 0 Å². The first-order valence-electron chi connectivity index (χ1n) is 6.45. The van der Waals surface area contributed by atoms with Crippen LogP contribution in [0.25, 0.3) is 0 Å². The van der Waals surface area contributed by atoms with E-state index in [2.05, 4.69) is 32.9 Å². The smallest absolute Gasteiger partial charge is 0.0577 e. The maximum Gasteiger partial charge on any atom is 0.0577 e. The third-order valence-corrected chi connectivity index (χ3v) is 3.28. The summed E-state index contributed by atoms with van der Waals surface area (Å²) in [4.78, 5) is 0. The van der Waals surface area contributed by atoms with Crippen molar-refractivity contribution in [1.29, 1.82) is 0 Å². The van der Waals surface area contributed by atoms with Crippen LogP contribution in [0.5, 0.6) is 0 Å². The number of rotatable bonds is 5. The third kappa shape index (κ3) is 5.36. The molecule has 88 valence electrons. The molecule has 3 atom stereocenters. The quantitative estimate of drug-likeness (QED) is 0.618. The molecular weight excluding hydrogens is 184 g/mol. The van der Waals surface area contributed by atoms with Crippen LogP contribution in [-0.4, -0.2) is 12.7 Å². The fraction of sp³-hybridized carbons (Fsp3) is 0.857. The predicted octanol–water partition coefficient (Wildman–Crippen LogP) is 4.18. The van der Waals surface area contributed by atoms with Crippen LogP contribution in [-0.2, 0) is 4.74 Å². The molecule has 1 aliphatic rings. The molecule has 0 bridgehead atoms. The standard InChI is InChI=1S/C14H26O/c1-4-5-7-13(3)11-15-14-9-6-8-12(2)10-14/h4-5,12-14H,6-11H2,1-3H3/b5-4-. The van der Waals surface area contributed by atoms with E-state index in [1.165, 1.54) is 25.7 Å². The lowest BCUT2D eigenvalue weighted by Crippen LogP contribution is -2.23. The maximum atomic E-state index is 5.98. The van der Waals surface area contributed by atoms with Crippen molar-refractivity contribution in [3.8, 4) is 0 Å². The van der Waals surface area contributed by atoms with E-state index < -0.39 is 0 Å². The molecule has 0 amide bonds. The molecule has 3 unspecified atom stereocenters. The molecule has 0 aromatic carbocycles. The molecule has 0 aliphatic heterocycles. The van der Waals surface area contributed by atoms with Crippen molar-refractivity contribution in [2.75, 3.05) is 6.61 Å². The average Bonchev–Trinajstić information content (AvgIpc) is 2.23. The summed E-state index contributed by atoms with van der Waals surface area (Å²) in [5.74, 6) is 1.54. The molecule has 0 radical (unpaired) electrons. The van der Waals surface area contributed by atoms with Gasteiger partial charge >= 0.3 is 0 Å². The van der Waals surface area contributed by atoms with Gasteiger partial charge in [0.15, 0.2) is 0 Å². The Hall–Kier alpha value is -0.300. The van der Waals surface area contributed by atoms with Gasteiger partial charge in [0.2, 0.25) is 0 Å². The summed E-state index contributed by atoms with van der Waals surface area (Å²) in [5.41, 5.74) is 0. The van der Waals surface area contributed by atoms with E-state index in [1.54, 1.807) is 0 Å². The van der Waals surface area contributed by atoms with Crippen LogP contribution in [0.2, 0.25) is 0 Å². The predicted molar refractivity (Wildman–Crippen MR) is 66.0 cm³/mol. The van der Waals surface area contributed by atoms with Gasteiger partial charge in [-0.1, -0.05) is 38.8 Å². The molecule has 15 heavy (non-hydrogen) atoms. The van der Waals surface area contributed by atoms with Crippen LogP contribution in [0.3, 0.4) is 0 Å². The molecule has 1 rings (SSSR count). The van der Waals surface area contributed by atoms with Crippen molar-refractivity contribution in [3.63, 3.8) is 0 Å². The Balaban J connectivity index is 2.12. The second kappa shape index (κ2) is 7.05. The van der Waals surface area contributed by atoms with Gasteiger partial charge in [-0.05, 0) is 38.0 Å². The minimum atomic E-state index is 0.543. The number of allylic oxidation sites excluding steroid dienone is 2. The van der Waals surface area contributed by atoms with Crippen LogP contribution >= 0.6 is 0 Å². The Morgan fingerprint density at radius 2 is 2.20 bits per heavy atom. The fourth-order valence-corrected chi connectivity index (χ4v) is 2.27. The van der Waals surface area contributed by atoms with Crippen molar-refractivity contribution in [2.45, 2.75) is 59.0 Å². The lowest BCUT2D eigenvalue weighted by molar-refractivity contribution is 0.0000419. The van der Waals surface area contributed by atoms with Crippen LogP contribution in [0.15, 0.2) is 12.2 Å². The normalized spacial score (nSPS) is 29.5. The molecule has 1 heteroatoms. The molecule has 1 fully saturated rings. The Morgan fingerprint density at radius 3 is 2.87 bits per heavy atom. The van der Waals surface area contributed by atoms with Gasteiger partial charge in [0, 0.05) is 6.61 Å². The van der Waals surface area contributed by atoms with Crippen LogP contribution in [0.4, 0.5) is 0 Å². The minimum absolute atomic E-state index is 0.543. The highest BCUT2D eigenvalue weighted by molar-refractivity contribution is 4.79. The zero-order valence-electron chi connectivity index (χ0n) is 10.5. The molecule has 0 saturated heterocycles. The lowest BCUT2D eigenvalue weighted by atomic mass is 9.88. The Labute approximate surface area is 94.9 Å². The number of hydrogen-bond acceptors (Lipinski definition) is 1. The van der Waals surface area contributed by atoms with E-state index in [9.17, 15) is 0 Å². The molecule has 1 aliphatic carbocycles. The van der Waals surface area contributed by atoms with Crippen molar-refractivity contribution in [1.82, 2.24) is 0 Å². The number of hydrogen-bond donors (Lipinski definition) is 0. The van der Waals surface area contributed by atoms with Crippen molar-refractivity contribution < 1.29 is 4.74 Å². The van der Waals surface area contributed by atoms with Crippen molar-refractivity contribution in [3.05, 3.63) is 12.2 Å². The first-order chi connectivity index (χ1) is 7.22. The van der Waals surface area contributed by atoms with E-state index in [1.807, 2.05) is 0 Å². The molecule has 1 saturated carbocycles. The highest BCUT2D eigenvalue weighted by Crippen LogP contribution is 2.26. The zero-order valence-corrected chi connectivity index (χ0v) is 10.5. The maximum absolute atomic E-state index is 5.98. The molecule has 0 aromatic heterocycles. The summed E-state index contributed by atoms with van der Waals surface area (Å²) < 4.78 is 5.98. The summed E-state index contributed by atoms with van der Waals surface area (Å²) in [6.45, 7) is 7.63. The number of ether oxygens (including phenoxy) is 1. The molecule has 0 spiro atoms. The van der Waals surface area contributed by atoms with E-state index in [4.69, 9.17) is 4.74 Å². The van der Waals surface area contributed by atoms with Gasteiger partial charge in [0.1, 0.15) is 0 Å². The molecular formula is C14H26O. The highest BCUT2D eigenvalue weighted by atomic mass is 16.5. The van der Waals surface area contributed by atoms with Crippen molar-refractivity contribution in [2.24, 2.45) is 11.8 Å².